The number of rotatable bonds is 1. The molecule has 5 nitrogen and oxygen atoms in total. The molecule has 0 N–H and O–H groups in total. The number of amides is 1. The third kappa shape index (κ3) is 2.99. The van der Waals surface area contributed by atoms with Gasteiger partial charge in [0.05, 0.1) is 16.6 Å². The lowest BCUT2D eigenvalue weighted by Crippen LogP contribution is -2.35. The Morgan fingerprint density at radius 1 is 1.32 bits per heavy atom. The van der Waals surface area contributed by atoms with Gasteiger partial charge in [-0.05, 0) is 12.0 Å². The molecule has 116 valence electrons. The highest BCUT2D eigenvalue weighted by Crippen LogP contribution is 2.19. The summed E-state index contributed by atoms with van der Waals surface area (Å²) in [5, 5.41) is 0. The number of hydrogen-bond donors (Lipinski definition) is 0. The van der Waals surface area contributed by atoms with Crippen molar-refractivity contribution >= 4 is 27.7 Å². The van der Waals surface area contributed by atoms with Gasteiger partial charge >= 0.3 is 0 Å². The lowest BCUT2D eigenvalue weighted by molar-refractivity contribution is 0.0747. The highest BCUT2D eigenvalue weighted by Gasteiger charge is 2.25. The van der Waals surface area contributed by atoms with Crippen LogP contribution in [-0.4, -0.2) is 49.6 Å². The zero-order valence-corrected chi connectivity index (χ0v) is 13.0. The number of benzene rings is 1. The minimum absolute atomic E-state index is 0.00659. The van der Waals surface area contributed by atoms with Crippen LogP contribution in [0.2, 0.25) is 0 Å². The van der Waals surface area contributed by atoms with Gasteiger partial charge in [0.2, 0.25) is 0 Å². The van der Waals surface area contributed by atoms with Crippen LogP contribution in [0.3, 0.4) is 0 Å². The van der Waals surface area contributed by atoms with E-state index in [0.717, 1.165) is 0 Å². The van der Waals surface area contributed by atoms with Crippen molar-refractivity contribution < 1.29 is 13.4 Å². The molecule has 2 aromatic rings. The fourth-order valence-corrected chi connectivity index (χ4v) is 3.97. The summed E-state index contributed by atoms with van der Waals surface area (Å²) in [6.45, 7) is 2.82. The summed E-state index contributed by atoms with van der Waals surface area (Å²) in [5.41, 5.74) is 0.897. The number of nitrogens with zero attached hydrogens (tertiary/aromatic N) is 3. The number of aromatic nitrogens is 2. The van der Waals surface area contributed by atoms with Crippen molar-refractivity contribution in [2.75, 3.05) is 24.6 Å². The SMILES string of the molecule is C[C@H]1CN(C(=O)c2cc3nccnc3cc2F)CC[S@](=O)C1. The van der Waals surface area contributed by atoms with E-state index in [1.165, 1.54) is 24.5 Å². The topological polar surface area (TPSA) is 63.2 Å². The molecule has 7 heteroatoms. The maximum absolute atomic E-state index is 14.2. The van der Waals surface area contributed by atoms with Crippen molar-refractivity contribution in [3.8, 4) is 0 Å². The van der Waals surface area contributed by atoms with E-state index in [1.54, 1.807) is 4.90 Å². The Morgan fingerprint density at radius 3 is 2.73 bits per heavy atom. The van der Waals surface area contributed by atoms with Crippen LogP contribution in [0.1, 0.15) is 17.3 Å². The standard InChI is InChI=1S/C15H16FN3O2S/c1-10-8-19(4-5-22(21)9-10)15(20)11-6-13-14(7-12(11)16)18-3-2-17-13/h2-3,6-7,10H,4-5,8-9H2,1H3/t10-,22-/m0/s1. The van der Waals surface area contributed by atoms with Gasteiger partial charge < -0.3 is 4.90 Å². The van der Waals surface area contributed by atoms with Crippen LogP contribution in [0.15, 0.2) is 24.5 Å². The lowest BCUT2D eigenvalue weighted by atomic mass is 10.1. The second-order valence-electron chi connectivity index (χ2n) is 5.54. The van der Waals surface area contributed by atoms with Crippen LogP contribution < -0.4 is 0 Å². The maximum Gasteiger partial charge on any atom is 0.256 e. The Balaban J connectivity index is 1.94. The third-order valence-electron chi connectivity index (χ3n) is 3.67. The quantitative estimate of drug-likeness (QED) is 0.800. The van der Waals surface area contributed by atoms with E-state index >= 15 is 0 Å². The molecule has 0 saturated carbocycles. The first-order valence-corrected chi connectivity index (χ1v) is 8.58. The smallest absolute Gasteiger partial charge is 0.256 e. The largest absolute Gasteiger partial charge is 0.337 e. The van der Waals surface area contributed by atoms with Crippen molar-refractivity contribution in [2.24, 2.45) is 5.92 Å². The van der Waals surface area contributed by atoms with Crippen molar-refractivity contribution in [3.63, 3.8) is 0 Å². The number of fused-ring (bicyclic) bond motifs is 1. The van der Waals surface area contributed by atoms with Gasteiger partial charge in [-0.15, -0.1) is 0 Å². The number of halogens is 1. The molecule has 22 heavy (non-hydrogen) atoms. The predicted molar refractivity (Wildman–Crippen MR) is 82.4 cm³/mol. The van der Waals surface area contributed by atoms with Gasteiger partial charge in [-0.2, -0.15) is 0 Å². The zero-order chi connectivity index (χ0) is 15.7. The van der Waals surface area contributed by atoms with Crippen molar-refractivity contribution in [1.82, 2.24) is 14.9 Å². The molecule has 2 heterocycles. The first-order chi connectivity index (χ1) is 10.5. The van der Waals surface area contributed by atoms with Crippen LogP contribution in [0.5, 0.6) is 0 Å². The Kier molecular flexibility index (Phi) is 4.15. The van der Waals surface area contributed by atoms with E-state index in [0.29, 0.717) is 35.6 Å². The highest BCUT2D eigenvalue weighted by molar-refractivity contribution is 7.85. The fourth-order valence-electron chi connectivity index (χ4n) is 2.64. The van der Waals surface area contributed by atoms with E-state index in [4.69, 9.17) is 0 Å². The zero-order valence-electron chi connectivity index (χ0n) is 12.2. The van der Waals surface area contributed by atoms with Gasteiger partial charge in [-0.3, -0.25) is 19.0 Å². The van der Waals surface area contributed by atoms with Crippen molar-refractivity contribution in [1.29, 1.82) is 0 Å². The van der Waals surface area contributed by atoms with Gasteiger partial charge in [0.15, 0.2) is 0 Å². The molecule has 2 atom stereocenters. The summed E-state index contributed by atoms with van der Waals surface area (Å²) >= 11 is 0. The molecule has 1 aliphatic rings. The molecule has 1 aromatic carbocycles. The van der Waals surface area contributed by atoms with Crippen LogP contribution in [0, 0.1) is 11.7 Å². The third-order valence-corrected chi connectivity index (χ3v) is 5.25. The van der Waals surface area contributed by atoms with Gasteiger partial charge in [0.25, 0.3) is 5.91 Å². The normalized spacial score (nSPS) is 22.5. The maximum atomic E-state index is 14.2. The number of carbonyl (C=O) groups excluding carboxylic acids is 1. The monoisotopic (exact) mass is 321 g/mol. The van der Waals surface area contributed by atoms with E-state index < -0.39 is 16.6 Å². The van der Waals surface area contributed by atoms with Gasteiger partial charge in [-0.1, -0.05) is 6.92 Å². The van der Waals surface area contributed by atoms with E-state index in [-0.39, 0.29) is 17.4 Å². The van der Waals surface area contributed by atoms with Gasteiger partial charge in [0, 0.05) is 53.9 Å². The Bertz CT molecular complexity index is 753. The number of carbonyl (C=O) groups is 1. The minimum atomic E-state index is -0.919. The molecule has 1 fully saturated rings. The van der Waals surface area contributed by atoms with E-state index in [1.807, 2.05) is 6.92 Å². The van der Waals surface area contributed by atoms with E-state index in [9.17, 15) is 13.4 Å². The molecule has 0 bridgehead atoms. The molecule has 3 rings (SSSR count). The Morgan fingerprint density at radius 2 is 2.00 bits per heavy atom. The Hall–Kier alpha value is -1.89. The highest BCUT2D eigenvalue weighted by atomic mass is 32.2. The van der Waals surface area contributed by atoms with Crippen LogP contribution in [0.4, 0.5) is 4.39 Å². The van der Waals surface area contributed by atoms with Gasteiger partial charge in [0.1, 0.15) is 5.82 Å². The molecule has 1 saturated heterocycles. The summed E-state index contributed by atoms with van der Waals surface area (Å²) in [4.78, 5) is 22.3. The molecule has 0 unspecified atom stereocenters. The second-order valence-corrected chi connectivity index (χ2v) is 7.17. The fraction of sp³-hybridized carbons (Fsp3) is 0.400. The van der Waals surface area contributed by atoms with Crippen LogP contribution >= 0.6 is 0 Å². The number of hydrogen-bond acceptors (Lipinski definition) is 4. The van der Waals surface area contributed by atoms with Gasteiger partial charge in [-0.25, -0.2) is 4.39 Å². The lowest BCUT2D eigenvalue weighted by Gasteiger charge is -2.22. The molecule has 1 aromatic heterocycles. The predicted octanol–water partition coefficient (Wildman–Crippen LogP) is 1.61. The molecular weight excluding hydrogens is 305 g/mol. The first kappa shape index (κ1) is 15.0. The van der Waals surface area contributed by atoms with Crippen LogP contribution in [-0.2, 0) is 10.8 Å². The average Bonchev–Trinajstić information content (AvgIpc) is 2.66. The molecule has 0 spiro atoms. The molecule has 0 aliphatic carbocycles. The van der Waals surface area contributed by atoms with Crippen molar-refractivity contribution in [3.05, 3.63) is 35.9 Å². The second kappa shape index (κ2) is 6.08. The Labute approximate surface area is 130 Å². The summed E-state index contributed by atoms with van der Waals surface area (Å²) in [6.07, 6.45) is 2.99. The molecule has 0 radical (unpaired) electrons. The minimum Gasteiger partial charge on any atom is -0.337 e. The summed E-state index contributed by atoms with van der Waals surface area (Å²) in [5.74, 6) is 0.169. The molecular formula is C15H16FN3O2S. The van der Waals surface area contributed by atoms with E-state index in [2.05, 4.69) is 9.97 Å². The van der Waals surface area contributed by atoms with Crippen LogP contribution in [0.25, 0.3) is 11.0 Å². The summed E-state index contributed by atoms with van der Waals surface area (Å²) < 4.78 is 25.9. The van der Waals surface area contributed by atoms with Crippen molar-refractivity contribution in [2.45, 2.75) is 6.92 Å². The average molecular weight is 321 g/mol. The summed E-state index contributed by atoms with van der Waals surface area (Å²) in [6, 6.07) is 2.67. The summed E-state index contributed by atoms with van der Waals surface area (Å²) in [7, 11) is -0.919. The molecule has 1 aliphatic heterocycles. The molecule has 1 amide bonds. The first-order valence-electron chi connectivity index (χ1n) is 7.09.